The number of fused-ring (bicyclic) bond motifs is 4. The topological polar surface area (TPSA) is 70.3 Å². The Hall–Kier alpha value is -4.16. The van der Waals surface area contributed by atoms with E-state index >= 15 is 0 Å². The summed E-state index contributed by atoms with van der Waals surface area (Å²) in [4.78, 5) is 40.9. The number of hydrogen-bond donors (Lipinski definition) is 0. The predicted molar refractivity (Wildman–Crippen MR) is 154 cm³/mol. The molecule has 196 valence electrons. The Morgan fingerprint density at radius 3 is 2.26 bits per heavy atom. The molecule has 5 aromatic rings. The van der Waals surface area contributed by atoms with Crippen molar-refractivity contribution >= 4 is 45.2 Å². The maximum Gasteiger partial charge on any atom is 0.356 e. The summed E-state index contributed by atoms with van der Waals surface area (Å²) in [6, 6.07) is 22.1. The molecule has 1 unspecified atom stereocenters. The number of para-hydroxylation sites is 1. The summed E-state index contributed by atoms with van der Waals surface area (Å²) < 4.78 is 8.87. The molecular formula is C32H27ClN2O4. The molecule has 3 aromatic carbocycles. The van der Waals surface area contributed by atoms with Crippen LogP contribution < -0.4 is 5.56 Å². The number of aromatic nitrogens is 2. The third-order valence-electron chi connectivity index (χ3n) is 7.66. The Bertz CT molecular complexity index is 1830. The summed E-state index contributed by atoms with van der Waals surface area (Å²) in [6.07, 6.45) is 2.75. The Kier molecular flexibility index (Phi) is 6.35. The lowest BCUT2D eigenvalue weighted by Gasteiger charge is -2.20. The van der Waals surface area contributed by atoms with Gasteiger partial charge in [0, 0.05) is 34.1 Å². The molecule has 2 aromatic heterocycles. The van der Waals surface area contributed by atoms with Crippen molar-refractivity contribution in [2.45, 2.75) is 38.7 Å². The Balaban J connectivity index is 1.44. The van der Waals surface area contributed by atoms with Gasteiger partial charge in [-0.05, 0) is 73.4 Å². The normalized spacial score (nSPS) is 13.8. The third-order valence-corrected chi connectivity index (χ3v) is 7.91. The Labute approximate surface area is 230 Å². The molecule has 39 heavy (non-hydrogen) atoms. The zero-order valence-corrected chi connectivity index (χ0v) is 22.5. The molecule has 6 rings (SSSR count). The van der Waals surface area contributed by atoms with E-state index in [-0.39, 0.29) is 17.2 Å². The molecule has 0 radical (unpaired) electrons. The number of carbonyl (C=O) groups excluding carboxylic acids is 2. The number of ether oxygens (including phenoxy) is 1. The summed E-state index contributed by atoms with van der Waals surface area (Å²) >= 11 is 6.13. The lowest BCUT2D eigenvalue weighted by atomic mass is 9.95. The summed E-state index contributed by atoms with van der Waals surface area (Å²) in [5, 5.41) is 2.73. The smallest absolute Gasteiger partial charge is 0.356 e. The van der Waals surface area contributed by atoms with Crippen LogP contribution in [0.4, 0.5) is 0 Å². The highest BCUT2D eigenvalue weighted by Crippen LogP contribution is 2.34. The van der Waals surface area contributed by atoms with Crippen molar-refractivity contribution in [1.29, 1.82) is 0 Å². The molecule has 7 heteroatoms. The summed E-state index contributed by atoms with van der Waals surface area (Å²) in [5.74, 6) is -1.04. The fraction of sp³-hybridized carbons (Fsp3) is 0.219. The summed E-state index contributed by atoms with van der Waals surface area (Å²) in [6.45, 7) is 1.59. The van der Waals surface area contributed by atoms with Crippen LogP contribution in [0.5, 0.6) is 0 Å². The van der Waals surface area contributed by atoms with Gasteiger partial charge in [-0.1, -0.05) is 60.1 Å². The molecule has 0 spiro atoms. The van der Waals surface area contributed by atoms with E-state index in [0.717, 1.165) is 42.3 Å². The minimum atomic E-state index is -1.07. The van der Waals surface area contributed by atoms with E-state index in [9.17, 15) is 14.4 Å². The van der Waals surface area contributed by atoms with Gasteiger partial charge in [-0.2, -0.15) is 0 Å². The number of hydrogen-bond acceptors (Lipinski definition) is 4. The second kappa shape index (κ2) is 9.86. The van der Waals surface area contributed by atoms with Crippen molar-refractivity contribution in [3.05, 3.63) is 105 Å². The van der Waals surface area contributed by atoms with Crippen LogP contribution in [-0.2, 0) is 24.6 Å². The first-order chi connectivity index (χ1) is 18.9. The number of aryl methyl sites for hydroxylation is 1. The third kappa shape index (κ3) is 4.16. The molecule has 0 saturated carbocycles. The van der Waals surface area contributed by atoms with Crippen LogP contribution in [-0.4, -0.2) is 27.1 Å². The first-order valence-electron chi connectivity index (χ1n) is 13.1. The van der Waals surface area contributed by atoms with E-state index in [0.29, 0.717) is 26.9 Å². The van der Waals surface area contributed by atoms with Gasteiger partial charge in [0.05, 0.1) is 5.52 Å². The van der Waals surface area contributed by atoms with Crippen molar-refractivity contribution in [2.24, 2.45) is 7.05 Å². The monoisotopic (exact) mass is 538 g/mol. The number of esters is 1. The zero-order chi connectivity index (χ0) is 27.3. The van der Waals surface area contributed by atoms with E-state index in [1.807, 2.05) is 36.4 Å². The fourth-order valence-corrected chi connectivity index (χ4v) is 5.93. The van der Waals surface area contributed by atoms with Gasteiger partial charge in [0.15, 0.2) is 6.10 Å². The molecule has 0 N–H and O–H groups in total. The largest absolute Gasteiger partial charge is 0.448 e. The molecule has 1 atom stereocenters. The van der Waals surface area contributed by atoms with Crippen molar-refractivity contribution < 1.29 is 14.3 Å². The molecule has 1 aliphatic carbocycles. The van der Waals surface area contributed by atoms with Crippen LogP contribution in [0.2, 0.25) is 5.02 Å². The SMILES string of the molecule is CC(OC(=O)c1c(-c2ccc(Cl)cc2)c2ccccc2c(=O)n1C)C(=O)n1c2c(c3ccccc31)CCCC2. The van der Waals surface area contributed by atoms with E-state index in [1.165, 1.54) is 10.1 Å². The highest BCUT2D eigenvalue weighted by molar-refractivity contribution is 6.30. The highest BCUT2D eigenvalue weighted by atomic mass is 35.5. The van der Waals surface area contributed by atoms with Crippen LogP contribution in [0.1, 0.15) is 46.3 Å². The molecule has 0 fully saturated rings. The van der Waals surface area contributed by atoms with Crippen molar-refractivity contribution in [1.82, 2.24) is 9.13 Å². The van der Waals surface area contributed by atoms with Gasteiger partial charge in [0.25, 0.3) is 11.5 Å². The fourth-order valence-electron chi connectivity index (χ4n) is 5.81. The lowest BCUT2D eigenvalue weighted by molar-refractivity contribution is 0.0276. The Morgan fingerprint density at radius 2 is 1.51 bits per heavy atom. The average molecular weight is 539 g/mol. The Morgan fingerprint density at radius 1 is 0.872 bits per heavy atom. The second-order valence-corrected chi connectivity index (χ2v) is 10.4. The minimum absolute atomic E-state index is 0.0834. The molecule has 0 aliphatic heterocycles. The molecule has 0 saturated heterocycles. The number of pyridine rings is 1. The van der Waals surface area contributed by atoms with Crippen LogP contribution >= 0.6 is 11.6 Å². The van der Waals surface area contributed by atoms with Crippen molar-refractivity contribution in [2.75, 3.05) is 0 Å². The summed E-state index contributed by atoms with van der Waals surface area (Å²) in [7, 11) is 1.55. The first-order valence-corrected chi connectivity index (χ1v) is 13.5. The standard InChI is InChI=1S/C32H27ClN2O4/c1-19(30(36)35-26-13-7-5-9-22(26)23-10-6-8-14-27(23)35)39-32(38)29-28(20-15-17-21(33)18-16-20)24-11-3-4-12-25(24)31(37)34(29)2/h3-5,7,9,11-13,15-19H,6,8,10,14H2,1-2H3. The van der Waals surface area contributed by atoms with E-state index in [2.05, 4.69) is 0 Å². The molecule has 0 bridgehead atoms. The molecule has 6 nitrogen and oxygen atoms in total. The van der Waals surface area contributed by atoms with E-state index < -0.39 is 12.1 Å². The van der Waals surface area contributed by atoms with Gasteiger partial charge in [0.1, 0.15) is 5.69 Å². The van der Waals surface area contributed by atoms with Crippen LogP contribution in [0.25, 0.3) is 32.8 Å². The minimum Gasteiger partial charge on any atom is -0.448 e. The van der Waals surface area contributed by atoms with Crippen LogP contribution in [0, 0.1) is 0 Å². The number of carbonyl (C=O) groups is 2. The first kappa shape index (κ1) is 25.1. The van der Waals surface area contributed by atoms with Gasteiger partial charge >= 0.3 is 5.97 Å². The lowest BCUT2D eigenvalue weighted by Crippen LogP contribution is -2.33. The maximum atomic E-state index is 13.8. The molecule has 2 heterocycles. The van der Waals surface area contributed by atoms with Crippen LogP contribution in [0.3, 0.4) is 0 Å². The highest BCUT2D eigenvalue weighted by Gasteiger charge is 2.30. The number of rotatable bonds is 4. The van der Waals surface area contributed by atoms with Crippen LogP contribution in [0.15, 0.2) is 77.6 Å². The van der Waals surface area contributed by atoms with Crippen molar-refractivity contribution in [3.8, 4) is 11.1 Å². The average Bonchev–Trinajstić information content (AvgIpc) is 3.29. The molecule has 1 aliphatic rings. The number of nitrogens with zero attached hydrogens (tertiary/aromatic N) is 2. The quantitative estimate of drug-likeness (QED) is 0.242. The molecule has 0 amide bonds. The van der Waals surface area contributed by atoms with Gasteiger partial charge in [-0.15, -0.1) is 0 Å². The molecular weight excluding hydrogens is 512 g/mol. The number of benzene rings is 3. The zero-order valence-electron chi connectivity index (χ0n) is 21.7. The van der Waals surface area contributed by atoms with Gasteiger partial charge < -0.3 is 9.30 Å². The van der Waals surface area contributed by atoms with Gasteiger partial charge in [0.2, 0.25) is 0 Å². The maximum absolute atomic E-state index is 13.8. The van der Waals surface area contributed by atoms with Gasteiger partial charge in [-0.25, -0.2) is 4.79 Å². The number of halogens is 1. The summed E-state index contributed by atoms with van der Waals surface area (Å²) in [5.41, 5.74) is 4.05. The van der Waals surface area contributed by atoms with Crippen molar-refractivity contribution in [3.63, 3.8) is 0 Å². The van der Waals surface area contributed by atoms with Gasteiger partial charge in [-0.3, -0.25) is 14.2 Å². The predicted octanol–water partition coefficient (Wildman–Crippen LogP) is 6.58. The second-order valence-electron chi connectivity index (χ2n) is 10.0. The van der Waals surface area contributed by atoms with E-state index in [1.54, 1.807) is 54.9 Å². The van der Waals surface area contributed by atoms with E-state index in [4.69, 9.17) is 16.3 Å².